The second-order valence-corrected chi connectivity index (χ2v) is 28.8. The Labute approximate surface area is 206 Å². The van der Waals surface area contributed by atoms with Crippen LogP contribution < -0.4 is 0 Å². The van der Waals surface area contributed by atoms with E-state index in [4.69, 9.17) is 0 Å². The zero-order valence-corrected chi connectivity index (χ0v) is 27.2. The van der Waals surface area contributed by atoms with Crippen molar-refractivity contribution in [2.75, 3.05) is 39.3 Å². The van der Waals surface area contributed by atoms with Crippen LogP contribution in [0.4, 0.5) is 0 Å². The van der Waals surface area contributed by atoms with Gasteiger partial charge in [0, 0.05) is 39.3 Å². The molecule has 2 bridgehead atoms. The van der Waals surface area contributed by atoms with Gasteiger partial charge in [-0.3, -0.25) is 17.9 Å². The first-order chi connectivity index (χ1) is 15.4. The van der Waals surface area contributed by atoms with E-state index in [0.717, 1.165) is 0 Å². The smallest absolute Gasteiger partial charge is 0.134 e. The lowest BCUT2D eigenvalue weighted by Crippen LogP contribution is -2.67. The van der Waals surface area contributed by atoms with Gasteiger partial charge < -0.3 is 0 Å². The molecule has 3 fully saturated rings. The first-order valence-corrected chi connectivity index (χ1v) is 23.1. The topological polar surface area (TPSA) is 13.0 Å². The molecule has 190 valence electrons. The average Bonchev–Trinajstić information content (AvgIpc) is 2.81. The standard InChI is InChI=1S/C24H57N4PSi3/c1-10-30(11-2,12-3)26-22-19-25-20-23-27(31(13-4,14-5)15-6)29(26)28(24-21-25)32(16-7,17-8)18-9/h10-24H2,1-9H3. The number of fused-ring (bicyclic) bond motifs is 6. The third-order valence-corrected chi connectivity index (χ3v) is 33.2. The average molecular weight is 517 g/mol. The molecule has 3 aliphatic rings. The fraction of sp³-hybridized carbons (Fsp3) is 1.00. The number of hydrogen-bond acceptors (Lipinski definition) is 4. The largest absolute Gasteiger partial charge is 0.300 e. The van der Waals surface area contributed by atoms with Gasteiger partial charge in [0.1, 0.15) is 24.7 Å². The molecule has 32 heavy (non-hydrogen) atoms. The van der Waals surface area contributed by atoms with Crippen LogP contribution in [0.25, 0.3) is 0 Å². The Morgan fingerprint density at radius 2 is 0.625 bits per heavy atom. The number of rotatable bonds is 12. The van der Waals surface area contributed by atoms with E-state index in [1.807, 2.05) is 0 Å². The number of hydrogen-bond donors (Lipinski definition) is 0. The minimum atomic E-state index is -1.47. The molecule has 0 aromatic rings. The molecule has 0 atom stereocenters. The van der Waals surface area contributed by atoms with Gasteiger partial charge in [-0.05, 0) is 54.4 Å². The van der Waals surface area contributed by atoms with Crippen molar-refractivity contribution in [3.63, 3.8) is 0 Å². The van der Waals surface area contributed by atoms with Gasteiger partial charge >= 0.3 is 0 Å². The maximum Gasteiger partial charge on any atom is 0.134 e. The SMILES string of the molecule is CC[Si](CC)(CC)N1CCN2CCN([Si](CC)(CC)CC)P1N([Si](CC)(CC)CC)CC2. The third kappa shape index (κ3) is 5.21. The number of nitrogens with zero attached hydrogens (tertiary/aromatic N) is 4. The van der Waals surface area contributed by atoms with Crippen LogP contribution in [-0.4, -0.2) is 81.9 Å². The van der Waals surface area contributed by atoms with Crippen LogP contribution >= 0.6 is 8.37 Å². The summed E-state index contributed by atoms with van der Waals surface area (Å²) in [6.45, 7) is 30.8. The van der Waals surface area contributed by atoms with Crippen LogP contribution in [-0.2, 0) is 0 Å². The lowest BCUT2D eigenvalue weighted by atomic mass is 10.4. The Morgan fingerprint density at radius 1 is 0.406 bits per heavy atom. The van der Waals surface area contributed by atoms with Crippen molar-refractivity contribution >= 4 is 33.1 Å². The van der Waals surface area contributed by atoms with Gasteiger partial charge in [-0.15, -0.1) is 0 Å². The van der Waals surface area contributed by atoms with Crippen molar-refractivity contribution in [1.82, 2.24) is 17.9 Å². The highest BCUT2D eigenvalue weighted by molar-refractivity contribution is 7.57. The highest BCUT2D eigenvalue weighted by Gasteiger charge is 2.54. The van der Waals surface area contributed by atoms with Gasteiger partial charge in [0.2, 0.25) is 0 Å². The minimum Gasteiger partial charge on any atom is -0.300 e. The molecule has 0 amide bonds. The van der Waals surface area contributed by atoms with Crippen LogP contribution in [0.5, 0.6) is 0 Å². The van der Waals surface area contributed by atoms with Crippen LogP contribution in [0, 0.1) is 0 Å². The lowest BCUT2D eigenvalue weighted by Gasteiger charge is -2.62. The Morgan fingerprint density at radius 3 is 0.812 bits per heavy atom. The van der Waals surface area contributed by atoms with Gasteiger partial charge in [0.05, 0.1) is 8.37 Å². The van der Waals surface area contributed by atoms with Crippen molar-refractivity contribution in [2.45, 2.75) is 117 Å². The molecule has 4 nitrogen and oxygen atoms in total. The van der Waals surface area contributed by atoms with E-state index in [1.165, 1.54) is 93.7 Å². The Kier molecular flexibility index (Phi) is 11.6. The van der Waals surface area contributed by atoms with E-state index >= 15 is 0 Å². The van der Waals surface area contributed by atoms with E-state index in [9.17, 15) is 0 Å². The van der Waals surface area contributed by atoms with Crippen molar-refractivity contribution < 1.29 is 0 Å². The van der Waals surface area contributed by atoms with Crippen LogP contribution in [0.1, 0.15) is 62.3 Å². The summed E-state index contributed by atoms with van der Waals surface area (Å²) in [5.74, 6) is 0. The van der Waals surface area contributed by atoms with Gasteiger partial charge in [-0.1, -0.05) is 62.3 Å². The zero-order chi connectivity index (χ0) is 24.0. The molecule has 3 rings (SSSR count). The molecule has 3 aliphatic heterocycles. The molecule has 0 aromatic carbocycles. The fourth-order valence-electron chi connectivity index (χ4n) is 6.88. The van der Waals surface area contributed by atoms with Crippen molar-refractivity contribution in [3.05, 3.63) is 0 Å². The maximum atomic E-state index is 3.29. The Balaban J connectivity index is 2.79. The summed E-state index contributed by atoms with van der Waals surface area (Å²) >= 11 is 0. The van der Waals surface area contributed by atoms with Gasteiger partial charge in [0.15, 0.2) is 0 Å². The first-order valence-electron chi connectivity index (χ1n) is 14.2. The van der Waals surface area contributed by atoms with E-state index in [1.54, 1.807) is 0 Å². The lowest BCUT2D eigenvalue weighted by molar-refractivity contribution is 0.219. The molecule has 3 heterocycles. The van der Waals surface area contributed by atoms with Gasteiger partial charge in [0.25, 0.3) is 0 Å². The summed E-state index contributed by atoms with van der Waals surface area (Å²) < 4.78 is 9.87. The fourth-order valence-corrected chi connectivity index (χ4v) is 29.1. The van der Waals surface area contributed by atoms with Crippen molar-refractivity contribution in [3.8, 4) is 0 Å². The summed E-state index contributed by atoms with van der Waals surface area (Å²) in [7, 11) is -4.74. The monoisotopic (exact) mass is 516 g/mol. The van der Waals surface area contributed by atoms with Gasteiger partial charge in [-0.2, -0.15) is 0 Å². The van der Waals surface area contributed by atoms with E-state index in [-0.39, 0.29) is 8.37 Å². The molecular weight excluding hydrogens is 460 g/mol. The molecular formula is C24H57N4PSi3. The second-order valence-electron chi connectivity index (χ2n) is 10.3. The predicted octanol–water partition coefficient (Wildman–Crippen LogP) is 7.46. The van der Waals surface area contributed by atoms with Crippen LogP contribution in [0.2, 0.25) is 54.4 Å². The molecule has 0 saturated carbocycles. The van der Waals surface area contributed by atoms with Crippen molar-refractivity contribution in [2.24, 2.45) is 0 Å². The molecule has 0 aromatic heterocycles. The summed E-state index contributed by atoms with van der Waals surface area (Å²) in [5, 5.41) is 0. The van der Waals surface area contributed by atoms with Crippen molar-refractivity contribution in [1.29, 1.82) is 0 Å². The summed E-state index contributed by atoms with van der Waals surface area (Å²) in [4.78, 5) is 2.86. The molecule has 0 aliphatic carbocycles. The summed E-state index contributed by atoms with van der Waals surface area (Å²) in [5.41, 5.74) is 0. The Hall–Kier alpha value is 0.921. The maximum absolute atomic E-state index is 3.29. The van der Waals surface area contributed by atoms with Crippen LogP contribution in [0.3, 0.4) is 0 Å². The first kappa shape index (κ1) is 29.2. The highest BCUT2D eigenvalue weighted by atomic mass is 31.2. The Bertz CT molecular complexity index is 454. The van der Waals surface area contributed by atoms with Crippen LogP contribution in [0.15, 0.2) is 0 Å². The third-order valence-electron chi connectivity index (χ3n) is 10.1. The predicted molar refractivity (Wildman–Crippen MR) is 155 cm³/mol. The van der Waals surface area contributed by atoms with E-state index in [2.05, 4.69) is 80.2 Å². The quantitative estimate of drug-likeness (QED) is 0.197. The molecule has 8 heteroatoms. The second kappa shape index (κ2) is 12.8. The normalized spacial score (nSPS) is 25.0. The molecule has 0 spiro atoms. The summed E-state index contributed by atoms with van der Waals surface area (Å²) in [6.07, 6.45) is 0. The van der Waals surface area contributed by atoms with E-state index in [0.29, 0.717) is 0 Å². The van der Waals surface area contributed by atoms with Gasteiger partial charge in [-0.25, -0.2) is 0 Å². The highest BCUT2D eigenvalue weighted by Crippen LogP contribution is 2.60. The molecule has 0 N–H and O–H groups in total. The summed E-state index contributed by atoms with van der Waals surface area (Å²) in [6, 6.07) is 12.9. The minimum absolute atomic E-state index is 0.326. The molecule has 0 unspecified atom stereocenters. The van der Waals surface area contributed by atoms with E-state index < -0.39 is 24.7 Å². The zero-order valence-electron chi connectivity index (χ0n) is 23.3. The molecule has 0 radical (unpaired) electrons. The molecule has 3 saturated heterocycles.